The van der Waals surface area contributed by atoms with Crippen LogP contribution in [-0.4, -0.2) is 30.7 Å². The van der Waals surface area contributed by atoms with Gasteiger partial charge in [-0.2, -0.15) is 0 Å². The summed E-state index contributed by atoms with van der Waals surface area (Å²) in [6, 6.07) is 19.6. The normalized spacial score (nSPS) is 10.2. The number of para-hydroxylation sites is 1. The van der Waals surface area contributed by atoms with Gasteiger partial charge in [0.25, 0.3) is 0 Å². The van der Waals surface area contributed by atoms with Gasteiger partial charge in [-0.25, -0.2) is 0 Å². The number of carbonyl (C=O) groups is 1. The SMILES string of the molecule is O=C(CN(CCCO)c1ccccc1)NCc1ccccc1. The summed E-state index contributed by atoms with van der Waals surface area (Å²) in [5.41, 5.74) is 2.07. The van der Waals surface area contributed by atoms with Gasteiger partial charge in [-0.1, -0.05) is 48.5 Å². The van der Waals surface area contributed by atoms with E-state index in [0.717, 1.165) is 11.3 Å². The van der Waals surface area contributed by atoms with Gasteiger partial charge >= 0.3 is 0 Å². The molecule has 0 fully saturated rings. The fraction of sp³-hybridized carbons (Fsp3) is 0.278. The Bertz CT molecular complexity index is 558. The number of hydrogen-bond donors (Lipinski definition) is 2. The van der Waals surface area contributed by atoms with Crippen LogP contribution >= 0.6 is 0 Å². The lowest BCUT2D eigenvalue weighted by atomic mass is 10.2. The summed E-state index contributed by atoms with van der Waals surface area (Å²) in [6.45, 7) is 1.59. The van der Waals surface area contributed by atoms with Crippen molar-refractivity contribution in [2.45, 2.75) is 13.0 Å². The van der Waals surface area contributed by atoms with Gasteiger partial charge in [0.05, 0.1) is 6.54 Å². The highest BCUT2D eigenvalue weighted by Crippen LogP contribution is 2.13. The highest BCUT2D eigenvalue weighted by molar-refractivity contribution is 5.81. The molecule has 0 aliphatic carbocycles. The van der Waals surface area contributed by atoms with Crippen molar-refractivity contribution in [3.63, 3.8) is 0 Å². The maximum absolute atomic E-state index is 12.1. The molecule has 0 aliphatic rings. The number of benzene rings is 2. The van der Waals surface area contributed by atoms with E-state index in [1.165, 1.54) is 0 Å². The zero-order valence-electron chi connectivity index (χ0n) is 12.6. The fourth-order valence-corrected chi connectivity index (χ4v) is 2.23. The van der Waals surface area contributed by atoms with E-state index >= 15 is 0 Å². The molecule has 116 valence electrons. The molecule has 0 spiro atoms. The monoisotopic (exact) mass is 298 g/mol. The van der Waals surface area contributed by atoms with Crippen LogP contribution in [0.25, 0.3) is 0 Å². The molecule has 0 unspecified atom stereocenters. The van der Waals surface area contributed by atoms with E-state index in [-0.39, 0.29) is 19.1 Å². The van der Waals surface area contributed by atoms with Crippen molar-refractivity contribution >= 4 is 11.6 Å². The van der Waals surface area contributed by atoms with Crippen LogP contribution in [0.15, 0.2) is 60.7 Å². The molecule has 4 nitrogen and oxygen atoms in total. The first kappa shape index (κ1) is 16.0. The standard InChI is InChI=1S/C18H22N2O2/c21-13-7-12-20(17-10-5-2-6-11-17)15-18(22)19-14-16-8-3-1-4-9-16/h1-6,8-11,21H,7,12-15H2,(H,19,22). The Labute approximate surface area is 131 Å². The summed E-state index contributed by atoms with van der Waals surface area (Å²) < 4.78 is 0. The number of nitrogens with one attached hydrogen (secondary N) is 1. The lowest BCUT2D eigenvalue weighted by Crippen LogP contribution is -2.37. The van der Waals surface area contributed by atoms with Crippen LogP contribution in [0.1, 0.15) is 12.0 Å². The van der Waals surface area contributed by atoms with E-state index in [1.54, 1.807) is 0 Å². The second-order valence-electron chi connectivity index (χ2n) is 5.10. The number of carbonyl (C=O) groups excluding carboxylic acids is 1. The third-order valence-corrected chi connectivity index (χ3v) is 3.37. The largest absolute Gasteiger partial charge is 0.396 e. The molecule has 2 aromatic carbocycles. The van der Waals surface area contributed by atoms with E-state index in [9.17, 15) is 4.79 Å². The second kappa shape index (κ2) is 8.85. The summed E-state index contributed by atoms with van der Waals surface area (Å²) in [6.07, 6.45) is 0.640. The molecule has 0 bridgehead atoms. The zero-order valence-corrected chi connectivity index (χ0v) is 12.6. The van der Waals surface area contributed by atoms with Crippen molar-refractivity contribution in [2.75, 3.05) is 24.6 Å². The molecular weight excluding hydrogens is 276 g/mol. The first-order valence-corrected chi connectivity index (χ1v) is 7.51. The van der Waals surface area contributed by atoms with Crippen molar-refractivity contribution in [1.29, 1.82) is 0 Å². The third-order valence-electron chi connectivity index (χ3n) is 3.37. The van der Waals surface area contributed by atoms with E-state index in [4.69, 9.17) is 5.11 Å². The highest BCUT2D eigenvalue weighted by Gasteiger charge is 2.10. The van der Waals surface area contributed by atoms with Crippen LogP contribution in [0.5, 0.6) is 0 Å². The second-order valence-corrected chi connectivity index (χ2v) is 5.10. The Hall–Kier alpha value is -2.33. The molecule has 0 aromatic heterocycles. The Morgan fingerprint density at radius 1 is 1.00 bits per heavy atom. The minimum absolute atomic E-state index is 0.0226. The van der Waals surface area contributed by atoms with Gasteiger partial charge in [-0.05, 0) is 24.1 Å². The van der Waals surface area contributed by atoms with Gasteiger partial charge in [0.15, 0.2) is 0 Å². The minimum Gasteiger partial charge on any atom is -0.396 e. The van der Waals surface area contributed by atoms with Crippen molar-refractivity contribution in [1.82, 2.24) is 5.32 Å². The molecule has 0 saturated carbocycles. The Balaban J connectivity index is 1.90. The summed E-state index contributed by atoms with van der Waals surface area (Å²) in [5.74, 6) is -0.0226. The number of aliphatic hydroxyl groups is 1. The Morgan fingerprint density at radius 2 is 1.64 bits per heavy atom. The number of aliphatic hydroxyl groups excluding tert-OH is 1. The zero-order chi connectivity index (χ0) is 15.6. The van der Waals surface area contributed by atoms with E-state index < -0.39 is 0 Å². The fourth-order valence-electron chi connectivity index (χ4n) is 2.23. The van der Waals surface area contributed by atoms with E-state index in [1.807, 2.05) is 65.6 Å². The summed E-state index contributed by atoms with van der Waals surface area (Å²) >= 11 is 0. The maximum atomic E-state index is 12.1. The molecule has 0 atom stereocenters. The lowest BCUT2D eigenvalue weighted by Gasteiger charge is -2.24. The van der Waals surface area contributed by atoms with Crippen LogP contribution < -0.4 is 10.2 Å². The molecule has 0 heterocycles. The number of nitrogens with zero attached hydrogens (tertiary/aromatic N) is 1. The molecule has 1 amide bonds. The van der Waals surface area contributed by atoms with Crippen molar-refractivity contribution in [3.05, 3.63) is 66.2 Å². The van der Waals surface area contributed by atoms with Crippen LogP contribution in [0.4, 0.5) is 5.69 Å². The van der Waals surface area contributed by atoms with E-state index in [2.05, 4.69) is 5.32 Å². The van der Waals surface area contributed by atoms with Gasteiger partial charge in [0.2, 0.25) is 5.91 Å². The topological polar surface area (TPSA) is 52.6 Å². The summed E-state index contributed by atoms with van der Waals surface area (Å²) in [4.78, 5) is 14.1. The molecule has 4 heteroatoms. The lowest BCUT2D eigenvalue weighted by molar-refractivity contribution is -0.119. The molecule has 0 aliphatic heterocycles. The number of rotatable bonds is 8. The minimum atomic E-state index is -0.0226. The predicted molar refractivity (Wildman–Crippen MR) is 88.6 cm³/mol. The van der Waals surface area contributed by atoms with Crippen LogP contribution in [0.3, 0.4) is 0 Å². The molecule has 22 heavy (non-hydrogen) atoms. The molecule has 2 rings (SSSR count). The average molecular weight is 298 g/mol. The van der Waals surface area contributed by atoms with Crippen molar-refractivity contribution < 1.29 is 9.90 Å². The van der Waals surface area contributed by atoms with Crippen molar-refractivity contribution in [3.8, 4) is 0 Å². The van der Waals surface area contributed by atoms with Gasteiger partial charge in [0, 0.05) is 25.4 Å². The molecule has 2 aromatic rings. The first-order valence-electron chi connectivity index (χ1n) is 7.51. The van der Waals surface area contributed by atoms with Gasteiger partial charge < -0.3 is 15.3 Å². The van der Waals surface area contributed by atoms with Crippen LogP contribution in [-0.2, 0) is 11.3 Å². The molecule has 0 radical (unpaired) electrons. The first-order chi connectivity index (χ1) is 10.8. The average Bonchev–Trinajstić information content (AvgIpc) is 2.58. The third kappa shape index (κ3) is 5.22. The summed E-state index contributed by atoms with van der Waals surface area (Å²) in [7, 11) is 0. The van der Waals surface area contributed by atoms with Crippen LogP contribution in [0, 0.1) is 0 Å². The summed E-state index contributed by atoms with van der Waals surface area (Å²) in [5, 5.41) is 12.0. The van der Waals surface area contributed by atoms with Gasteiger partial charge in [0.1, 0.15) is 0 Å². The van der Waals surface area contributed by atoms with Gasteiger partial charge in [-0.3, -0.25) is 4.79 Å². The quantitative estimate of drug-likeness (QED) is 0.785. The number of amides is 1. The smallest absolute Gasteiger partial charge is 0.239 e. The molecular formula is C18H22N2O2. The van der Waals surface area contributed by atoms with Gasteiger partial charge in [-0.15, -0.1) is 0 Å². The molecule has 0 saturated heterocycles. The number of hydrogen-bond acceptors (Lipinski definition) is 3. The predicted octanol–water partition coefficient (Wildman–Crippen LogP) is 2.19. The van der Waals surface area contributed by atoms with Crippen LogP contribution in [0.2, 0.25) is 0 Å². The van der Waals surface area contributed by atoms with E-state index in [0.29, 0.717) is 19.5 Å². The molecule has 2 N–H and O–H groups in total. The number of anilines is 1. The Kier molecular flexibility index (Phi) is 6.45. The highest BCUT2D eigenvalue weighted by atomic mass is 16.3. The Morgan fingerprint density at radius 3 is 2.27 bits per heavy atom. The maximum Gasteiger partial charge on any atom is 0.239 e. The van der Waals surface area contributed by atoms with Crippen molar-refractivity contribution in [2.24, 2.45) is 0 Å².